The van der Waals surface area contributed by atoms with Gasteiger partial charge in [0.25, 0.3) is 0 Å². The monoisotopic (exact) mass is 277 g/mol. The highest BCUT2D eigenvalue weighted by atomic mass is 32.1. The molecule has 1 aromatic heterocycles. The van der Waals surface area contributed by atoms with Crippen LogP contribution in [0.1, 0.15) is 48.2 Å². The van der Waals surface area contributed by atoms with Crippen molar-refractivity contribution in [1.82, 2.24) is 5.32 Å². The maximum Gasteiger partial charge on any atom is 0.123 e. The Bertz CT molecular complexity index is 518. The second-order valence-corrected chi connectivity index (χ2v) is 6.02. The molecule has 2 rings (SSSR count). The highest BCUT2D eigenvalue weighted by Gasteiger charge is 2.12. The van der Waals surface area contributed by atoms with Crippen molar-refractivity contribution in [2.45, 2.75) is 39.3 Å². The molecule has 1 nitrogen and oxygen atoms in total. The van der Waals surface area contributed by atoms with E-state index in [0.29, 0.717) is 6.04 Å². The molecule has 1 aromatic carbocycles. The molecule has 3 heteroatoms. The van der Waals surface area contributed by atoms with Gasteiger partial charge in [-0.15, -0.1) is 11.3 Å². The molecule has 1 unspecified atom stereocenters. The fraction of sp³-hybridized carbons (Fsp3) is 0.375. The zero-order chi connectivity index (χ0) is 13.8. The van der Waals surface area contributed by atoms with Gasteiger partial charge in [0.2, 0.25) is 0 Å². The predicted molar refractivity (Wildman–Crippen MR) is 80.1 cm³/mol. The molecule has 19 heavy (non-hydrogen) atoms. The minimum Gasteiger partial charge on any atom is -0.303 e. The standard InChI is InChI=1S/C16H20FNS/c1-4-15-9-10-16(19-15)12(3)18-11(2)13-5-7-14(17)8-6-13/h5-12,18H,4H2,1-3H3/t11-,12?/m1/s1. The molecule has 0 fully saturated rings. The van der Waals surface area contributed by atoms with Crippen LogP contribution in [-0.2, 0) is 6.42 Å². The lowest BCUT2D eigenvalue weighted by Crippen LogP contribution is -2.21. The van der Waals surface area contributed by atoms with Gasteiger partial charge in [0.05, 0.1) is 0 Å². The maximum absolute atomic E-state index is 12.9. The Labute approximate surface area is 118 Å². The third-order valence-corrected chi connectivity index (χ3v) is 4.74. The highest BCUT2D eigenvalue weighted by Crippen LogP contribution is 2.26. The number of hydrogen-bond acceptors (Lipinski definition) is 2. The molecule has 0 amide bonds. The third-order valence-electron chi connectivity index (χ3n) is 3.33. The molecular weight excluding hydrogens is 257 g/mol. The maximum atomic E-state index is 12.9. The van der Waals surface area contributed by atoms with Gasteiger partial charge in [-0.3, -0.25) is 0 Å². The Hall–Kier alpha value is -1.19. The summed E-state index contributed by atoms with van der Waals surface area (Å²) in [5, 5.41) is 3.56. The summed E-state index contributed by atoms with van der Waals surface area (Å²) in [6.45, 7) is 6.46. The smallest absolute Gasteiger partial charge is 0.123 e. The molecule has 1 heterocycles. The van der Waals surface area contributed by atoms with Crippen molar-refractivity contribution in [3.8, 4) is 0 Å². The molecule has 0 aliphatic carbocycles. The second kappa shape index (κ2) is 6.31. The fourth-order valence-corrected chi connectivity index (χ4v) is 3.09. The van der Waals surface area contributed by atoms with E-state index in [1.54, 1.807) is 0 Å². The third kappa shape index (κ3) is 3.64. The predicted octanol–water partition coefficient (Wildman–Crippen LogP) is 4.86. The van der Waals surface area contributed by atoms with Gasteiger partial charge < -0.3 is 5.32 Å². The highest BCUT2D eigenvalue weighted by molar-refractivity contribution is 7.12. The normalized spacial score (nSPS) is 14.3. The van der Waals surface area contributed by atoms with Gasteiger partial charge in [0, 0.05) is 21.8 Å². The molecule has 1 N–H and O–H groups in total. The molecule has 0 saturated carbocycles. The molecular formula is C16H20FNS. The van der Waals surface area contributed by atoms with Crippen LogP contribution in [-0.4, -0.2) is 0 Å². The van der Waals surface area contributed by atoms with Crippen LogP contribution in [0.15, 0.2) is 36.4 Å². The lowest BCUT2D eigenvalue weighted by atomic mass is 10.1. The SMILES string of the molecule is CCc1ccc(C(C)N[C@H](C)c2ccc(F)cc2)s1. The minimum absolute atomic E-state index is 0.185. The Balaban J connectivity index is 2.01. The van der Waals surface area contributed by atoms with E-state index in [-0.39, 0.29) is 11.9 Å². The van der Waals surface area contributed by atoms with E-state index in [9.17, 15) is 4.39 Å². The Morgan fingerprint density at radius 1 is 1.05 bits per heavy atom. The van der Waals surface area contributed by atoms with Crippen LogP contribution in [0.4, 0.5) is 4.39 Å². The largest absolute Gasteiger partial charge is 0.303 e. The summed E-state index contributed by atoms with van der Waals surface area (Å²) in [4.78, 5) is 2.77. The number of benzene rings is 1. The van der Waals surface area contributed by atoms with Crippen molar-refractivity contribution < 1.29 is 4.39 Å². The topological polar surface area (TPSA) is 12.0 Å². The number of nitrogens with one attached hydrogen (secondary N) is 1. The van der Waals surface area contributed by atoms with Gasteiger partial charge in [0.1, 0.15) is 5.82 Å². The van der Waals surface area contributed by atoms with Crippen LogP contribution in [0.25, 0.3) is 0 Å². The van der Waals surface area contributed by atoms with Crippen LogP contribution < -0.4 is 5.32 Å². The van der Waals surface area contributed by atoms with E-state index in [4.69, 9.17) is 0 Å². The van der Waals surface area contributed by atoms with Gasteiger partial charge in [-0.2, -0.15) is 0 Å². The van der Waals surface area contributed by atoms with E-state index in [1.807, 2.05) is 23.5 Å². The number of aryl methyl sites for hydroxylation is 1. The summed E-state index contributed by atoms with van der Waals surface area (Å²) in [6, 6.07) is 11.6. The van der Waals surface area contributed by atoms with Gasteiger partial charge in [-0.05, 0) is 50.1 Å². The van der Waals surface area contributed by atoms with Crippen molar-refractivity contribution >= 4 is 11.3 Å². The molecule has 0 saturated heterocycles. The molecule has 0 aliphatic heterocycles. The van der Waals surface area contributed by atoms with Crippen molar-refractivity contribution in [2.24, 2.45) is 0 Å². The minimum atomic E-state index is -0.185. The first-order valence-corrected chi connectivity index (χ1v) is 7.52. The summed E-state index contributed by atoms with van der Waals surface area (Å²) >= 11 is 1.86. The first kappa shape index (κ1) is 14.2. The zero-order valence-electron chi connectivity index (χ0n) is 11.6. The molecule has 0 aliphatic rings. The van der Waals surface area contributed by atoms with Crippen LogP contribution in [0.3, 0.4) is 0 Å². The first-order chi connectivity index (χ1) is 9.10. The van der Waals surface area contributed by atoms with E-state index in [1.165, 1.54) is 21.9 Å². The molecule has 0 spiro atoms. The van der Waals surface area contributed by atoms with Crippen LogP contribution in [0.5, 0.6) is 0 Å². The summed E-state index contributed by atoms with van der Waals surface area (Å²) in [5.41, 5.74) is 1.11. The van der Waals surface area contributed by atoms with Gasteiger partial charge in [-0.1, -0.05) is 19.1 Å². The molecule has 0 radical (unpaired) electrons. The zero-order valence-corrected chi connectivity index (χ0v) is 12.4. The first-order valence-electron chi connectivity index (χ1n) is 6.70. The van der Waals surface area contributed by atoms with Crippen molar-refractivity contribution in [2.75, 3.05) is 0 Å². The number of thiophene rings is 1. The van der Waals surface area contributed by atoms with E-state index >= 15 is 0 Å². The van der Waals surface area contributed by atoms with Gasteiger partial charge in [-0.25, -0.2) is 4.39 Å². The number of hydrogen-bond donors (Lipinski definition) is 1. The van der Waals surface area contributed by atoms with Crippen LogP contribution >= 0.6 is 11.3 Å². The van der Waals surface area contributed by atoms with Crippen molar-refractivity contribution in [3.63, 3.8) is 0 Å². The van der Waals surface area contributed by atoms with E-state index < -0.39 is 0 Å². The second-order valence-electron chi connectivity index (χ2n) is 4.82. The Morgan fingerprint density at radius 3 is 2.32 bits per heavy atom. The van der Waals surface area contributed by atoms with E-state index in [2.05, 4.69) is 38.2 Å². The Morgan fingerprint density at radius 2 is 1.74 bits per heavy atom. The molecule has 0 bridgehead atoms. The number of rotatable bonds is 5. The summed E-state index contributed by atoms with van der Waals surface area (Å²) < 4.78 is 12.9. The van der Waals surface area contributed by atoms with E-state index in [0.717, 1.165) is 12.0 Å². The molecule has 102 valence electrons. The molecule has 2 aromatic rings. The Kier molecular flexibility index (Phi) is 4.72. The lowest BCUT2D eigenvalue weighted by Gasteiger charge is -2.19. The lowest BCUT2D eigenvalue weighted by molar-refractivity contribution is 0.499. The van der Waals surface area contributed by atoms with Crippen molar-refractivity contribution in [3.05, 3.63) is 57.5 Å². The van der Waals surface area contributed by atoms with Gasteiger partial charge in [0.15, 0.2) is 0 Å². The molecule has 2 atom stereocenters. The van der Waals surface area contributed by atoms with Crippen LogP contribution in [0, 0.1) is 5.82 Å². The average molecular weight is 277 g/mol. The fourth-order valence-electron chi connectivity index (χ4n) is 2.12. The number of halogens is 1. The summed E-state index contributed by atoms with van der Waals surface area (Å²) in [5.74, 6) is -0.185. The average Bonchev–Trinajstić information content (AvgIpc) is 2.88. The quantitative estimate of drug-likeness (QED) is 0.823. The summed E-state index contributed by atoms with van der Waals surface area (Å²) in [7, 11) is 0. The summed E-state index contributed by atoms with van der Waals surface area (Å²) in [6.07, 6.45) is 1.09. The van der Waals surface area contributed by atoms with Gasteiger partial charge >= 0.3 is 0 Å². The van der Waals surface area contributed by atoms with Crippen molar-refractivity contribution in [1.29, 1.82) is 0 Å². The van der Waals surface area contributed by atoms with Crippen LogP contribution in [0.2, 0.25) is 0 Å².